The predicted octanol–water partition coefficient (Wildman–Crippen LogP) is 2.88. The Labute approximate surface area is 117 Å². The third-order valence-corrected chi connectivity index (χ3v) is 2.72. The van der Waals surface area contributed by atoms with Crippen LogP contribution >= 0.6 is 0 Å². The SMILES string of the molecule is [C-]#[N+]/N=C(C)\C(C)=N/OCc1cccc(C)c1C(=O)O. The standard InChI is InChI=1S/C14H15N3O3/c1-9-6-5-7-12(13(9)14(18)19)8-20-17-11(3)10(2)16-15-4/h5-7H,8H2,1-3H3,(H,18,19)/b16-10-,17-11-. The van der Waals surface area contributed by atoms with E-state index in [2.05, 4.69) is 15.2 Å². The topological polar surface area (TPSA) is 75.6 Å². The summed E-state index contributed by atoms with van der Waals surface area (Å²) in [5.74, 6) is -0.992. The molecule has 0 bridgehead atoms. The van der Waals surface area contributed by atoms with E-state index in [0.717, 1.165) is 0 Å². The molecule has 0 heterocycles. The van der Waals surface area contributed by atoms with Crippen LogP contribution in [-0.4, -0.2) is 22.5 Å². The lowest BCUT2D eigenvalue weighted by molar-refractivity contribution is 0.0687. The number of carbonyl (C=O) groups is 1. The fourth-order valence-electron chi connectivity index (χ4n) is 1.57. The lowest BCUT2D eigenvalue weighted by Crippen LogP contribution is -2.08. The van der Waals surface area contributed by atoms with Crippen molar-refractivity contribution in [2.45, 2.75) is 27.4 Å². The summed E-state index contributed by atoms with van der Waals surface area (Å²) in [6, 6.07) is 5.18. The third kappa shape index (κ3) is 3.92. The van der Waals surface area contributed by atoms with Gasteiger partial charge in [-0.3, -0.25) is 0 Å². The summed E-state index contributed by atoms with van der Waals surface area (Å²) in [4.78, 5) is 19.2. The van der Waals surface area contributed by atoms with Gasteiger partial charge < -0.3 is 9.94 Å². The van der Waals surface area contributed by atoms with Crippen LogP contribution in [-0.2, 0) is 11.4 Å². The van der Waals surface area contributed by atoms with E-state index in [0.29, 0.717) is 22.6 Å². The third-order valence-electron chi connectivity index (χ3n) is 2.72. The first-order valence-electron chi connectivity index (χ1n) is 5.87. The van der Waals surface area contributed by atoms with Gasteiger partial charge >= 0.3 is 5.97 Å². The molecule has 1 rings (SSSR count). The molecule has 1 aromatic carbocycles. The summed E-state index contributed by atoms with van der Waals surface area (Å²) in [6.45, 7) is 11.7. The molecular weight excluding hydrogens is 258 g/mol. The van der Waals surface area contributed by atoms with Gasteiger partial charge in [-0.15, -0.1) is 4.95 Å². The first-order chi connectivity index (χ1) is 9.47. The van der Waals surface area contributed by atoms with Gasteiger partial charge in [0.1, 0.15) is 18.0 Å². The molecule has 0 unspecified atom stereocenters. The molecule has 0 atom stereocenters. The molecule has 1 N–H and O–H groups in total. The molecule has 0 amide bonds. The van der Waals surface area contributed by atoms with E-state index in [1.54, 1.807) is 39.0 Å². The van der Waals surface area contributed by atoms with Crippen molar-refractivity contribution in [3.8, 4) is 0 Å². The average Bonchev–Trinajstić information content (AvgIpc) is 2.38. The highest BCUT2D eigenvalue weighted by atomic mass is 16.6. The Morgan fingerprint density at radius 2 is 2.10 bits per heavy atom. The molecule has 0 aliphatic carbocycles. The largest absolute Gasteiger partial charge is 0.478 e. The molecular formula is C14H15N3O3. The number of hydrogen-bond donors (Lipinski definition) is 1. The predicted molar refractivity (Wildman–Crippen MR) is 75.7 cm³/mol. The van der Waals surface area contributed by atoms with Crippen molar-refractivity contribution in [3.63, 3.8) is 0 Å². The highest BCUT2D eigenvalue weighted by molar-refractivity contribution is 6.40. The molecule has 0 saturated carbocycles. The second kappa shape index (κ2) is 7.04. The van der Waals surface area contributed by atoms with E-state index < -0.39 is 5.97 Å². The molecule has 6 heteroatoms. The zero-order valence-corrected chi connectivity index (χ0v) is 11.5. The van der Waals surface area contributed by atoms with Crippen molar-refractivity contribution in [3.05, 3.63) is 46.4 Å². The minimum absolute atomic E-state index is 0.0476. The van der Waals surface area contributed by atoms with Crippen LogP contribution in [0.4, 0.5) is 0 Å². The molecule has 0 fully saturated rings. The maximum atomic E-state index is 11.2. The van der Waals surface area contributed by atoms with Gasteiger partial charge in [0.15, 0.2) is 0 Å². The zero-order chi connectivity index (χ0) is 15.1. The Bertz CT molecular complexity index is 613. The summed E-state index contributed by atoms with van der Waals surface area (Å²) < 4.78 is 0. The fourth-order valence-corrected chi connectivity index (χ4v) is 1.57. The number of rotatable bonds is 5. The summed E-state index contributed by atoms with van der Waals surface area (Å²) >= 11 is 0. The molecule has 20 heavy (non-hydrogen) atoms. The molecule has 0 saturated heterocycles. The summed E-state index contributed by atoms with van der Waals surface area (Å²) in [7, 11) is 0. The van der Waals surface area contributed by atoms with Gasteiger partial charge in [-0.25, -0.2) is 4.79 Å². The number of aryl methyl sites for hydroxylation is 1. The fraction of sp³-hybridized carbons (Fsp3) is 0.286. The van der Waals surface area contributed by atoms with E-state index in [-0.39, 0.29) is 12.2 Å². The van der Waals surface area contributed by atoms with Gasteiger partial charge in [0.05, 0.1) is 10.7 Å². The molecule has 0 aliphatic heterocycles. The highest BCUT2D eigenvalue weighted by Crippen LogP contribution is 2.15. The highest BCUT2D eigenvalue weighted by Gasteiger charge is 2.13. The van der Waals surface area contributed by atoms with Crippen LogP contribution in [0.15, 0.2) is 28.5 Å². The van der Waals surface area contributed by atoms with Crippen LogP contribution in [0.25, 0.3) is 4.95 Å². The molecule has 0 spiro atoms. The monoisotopic (exact) mass is 273 g/mol. The number of carboxylic acid groups (broad SMARTS) is 1. The molecule has 104 valence electrons. The van der Waals surface area contributed by atoms with E-state index in [1.165, 1.54) is 0 Å². The second-order valence-electron chi connectivity index (χ2n) is 4.15. The molecule has 0 aromatic heterocycles. The van der Waals surface area contributed by atoms with Crippen molar-refractivity contribution in [2.24, 2.45) is 10.3 Å². The van der Waals surface area contributed by atoms with Gasteiger partial charge in [0.2, 0.25) is 0 Å². The van der Waals surface area contributed by atoms with Crippen molar-refractivity contribution >= 4 is 17.4 Å². The maximum Gasteiger partial charge on any atom is 0.336 e. The minimum atomic E-state index is -0.992. The van der Waals surface area contributed by atoms with Crippen LogP contribution in [0.2, 0.25) is 0 Å². The normalized spacial score (nSPS) is 11.9. The van der Waals surface area contributed by atoms with E-state index in [4.69, 9.17) is 16.5 Å². The van der Waals surface area contributed by atoms with Crippen LogP contribution in [0, 0.1) is 13.5 Å². The van der Waals surface area contributed by atoms with E-state index >= 15 is 0 Å². The van der Waals surface area contributed by atoms with Crippen molar-refractivity contribution in [2.75, 3.05) is 0 Å². The van der Waals surface area contributed by atoms with E-state index in [1.807, 2.05) is 0 Å². The zero-order valence-electron chi connectivity index (χ0n) is 11.5. The number of benzene rings is 1. The van der Waals surface area contributed by atoms with Crippen molar-refractivity contribution in [1.29, 1.82) is 0 Å². The quantitative estimate of drug-likeness (QED) is 0.509. The van der Waals surface area contributed by atoms with Crippen LogP contribution in [0.5, 0.6) is 0 Å². The smallest absolute Gasteiger partial charge is 0.336 e. The Balaban J connectivity index is 2.85. The van der Waals surface area contributed by atoms with Crippen LogP contribution in [0.3, 0.4) is 0 Å². The summed E-state index contributed by atoms with van der Waals surface area (Å²) in [6.07, 6.45) is 0. The van der Waals surface area contributed by atoms with Gasteiger partial charge in [0.25, 0.3) is 0 Å². The van der Waals surface area contributed by atoms with Gasteiger partial charge in [-0.2, -0.15) is 6.57 Å². The summed E-state index contributed by atoms with van der Waals surface area (Å²) in [5, 5.41) is 16.5. The second-order valence-corrected chi connectivity index (χ2v) is 4.15. The number of carboxylic acids is 1. The van der Waals surface area contributed by atoms with Gasteiger partial charge in [-0.1, -0.05) is 23.4 Å². The molecule has 1 aromatic rings. The van der Waals surface area contributed by atoms with Crippen LogP contribution < -0.4 is 0 Å². The summed E-state index contributed by atoms with van der Waals surface area (Å²) in [5.41, 5.74) is 2.39. The Morgan fingerprint density at radius 1 is 1.40 bits per heavy atom. The van der Waals surface area contributed by atoms with Crippen molar-refractivity contribution in [1.82, 2.24) is 0 Å². The minimum Gasteiger partial charge on any atom is -0.478 e. The van der Waals surface area contributed by atoms with Gasteiger partial charge in [0, 0.05) is 5.56 Å². The average molecular weight is 273 g/mol. The number of oxime groups is 1. The maximum absolute atomic E-state index is 11.2. The Morgan fingerprint density at radius 3 is 2.70 bits per heavy atom. The first-order valence-corrected chi connectivity index (χ1v) is 5.87. The first kappa shape index (κ1) is 15.4. The number of nitrogens with zero attached hydrogens (tertiary/aromatic N) is 3. The Kier molecular flexibility index (Phi) is 5.42. The molecule has 0 radical (unpaired) electrons. The number of aromatic carboxylic acids is 1. The lowest BCUT2D eigenvalue weighted by atomic mass is 10.0. The Hall–Kier alpha value is -2.68. The van der Waals surface area contributed by atoms with E-state index in [9.17, 15) is 4.79 Å². The van der Waals surface area contributed by atoms with Crippen LogP contribution in [0.1, 0.15) is 35.3 Å². The molecule has 6 nitrogen and oxygen atoms in total. The van der Waals surface area contributed by atoms with Gasteiger partial charge in [-0.05, 0) is 26.3 Å². The molecule has 0 aliphatic rings. The van der Waals surface area contributed by atoms with Crippen molar-refractivity contribution < 1.29 is 14.7 Å². The lowest BCUT2D eigenvalue weighted by Gasteiger charge is -2.07. The number of hydrogen-bond acceptors (Lipinski definition) is 4.